The molecule has 3 aromatic rings. The van der Waals surface area contributed by atoms with Crippen LogP contribution in [0.25, 0.3) is 11.3 Å². The second-order valence-electron chi connectivity index (χ2n) is 10.5. The third-order valence-corrected chi connectivity index (χ3v) is 8.33. The zero-order valence-corrected chi connectivity index (χ0v) is 21.4. The number of fused-ring (bicyclic) bond motifs is 3. The third kappa shape index (κ3) is 4.75. The molecule has 37 heavy (non-hydrogen) atoms. The number of para-hydroxylation sites is 2. The summed E-state index contributed by atoms with van der Waals surface area (Å²) in [6.07, 6.45) is 4.13. The number of nitrogens with two attached hydrogens (primary N) is 1. The lowest BCUT2D eigenvalue weighted by Gasteiger charge is -2.50. The van der Waals surface area contributed by atoms with E-state index in [9.17, 15) is 4.79 Å². The normalized spacial score (nSPS) is 25.3. The molecule has 4 fully saturated rings. The van der Waals surface area contributed by atoms with Crippen LogP contribution in [0.3, 0.4) is 0 Å². The van der Waals surface area contributed by atoms with Crippen molar-refractivity contribution < 1.29 is 9.53 Å². The molecule has 2 bridgehead atoms. The fourth-order valence-electron chi connectivity index (χ4n) is 6.33. The summed E-state index contributed by atoms with van der Waals surface area (Å²) in [7, 11) is 1.71. The second kappa shape index (κ2) is 10.0. The number of hydrogen-bond donors (Lipinski definition) is 1. The minimum absolute atomic E-state index is 0.0985. The quantitative estimate of drug-likeness (QED) is 0.519. The van der Waals surface area contributed by atoms with Gasteiger partial charge in [0.15, 0.2) is 0 Å². The molecule has 4 atom stereocenters. The first kappa shape index (κ1) is 23.8. The summed E-state index contributed by atoms with van der Waals surface area (Å²) in [6.45, 7) is 5.87. The highest BCUT2D eigenvalue weighted by Crippen LogP contribution is 2.38. The number of piperazine rings is 1. The average molecular weight is 502 g/mol. The number of benzene rings is 2. The number of nitrogens with zero attached hydrogens (tertiary/aromatic N) is 6. The van der Waals surface area contributed by atoms with Crippen molar-refractivity contribution in [2.75, 3.05) is 57.0 Å². The molecule has 0 saturated carbocycles. The number of nitrogen functional groups attached to an aromatic ring is 1. The molecule has 9 nitrogen and oxygen atoms in total. The smallest absolute Gasteiger partial charge is 0.227 e. The van der Waals surface area contributed by atoms with Crippen molar-refractivity contribution in [1.82, 2.24) is 24.8 Å². The van der Waals surface area contributed by atoms with Crippen molar-refractivity contribution in [3.8, 4) is 17.0 Å². The Hall–Kier alpha value is -3.59. The Morgan fingerprint density at radius 2 is 1.92 bits per heavy atom. The molecule has 1 aromatic heterocycles. The highest BCUT2D eigenvalue weighted by Gasteiger charge is 2.44. The molecule has 2 aromatic carbocycles. The first-order chi connectivity index (χ1) is 18.1. The third-order valence-electron chi connectivity index (χ3n) is 8.33. The van der Waals surface area contributed by atoms with E-state index in [1.54, 1.807) is 7.11 Å². The van der Waals surface area contributed by atoms with Crippen LogP contribution in [0.4, 0.5) is 11.4 Å². The molecular weight excluding hydrogens is 466 g/mol. The number of carbonyl (C=O) groups is 1. The number of amides is 1. The molecule has 2 unspecified atom stereocenters. The van der Waals surface area contributed by atoms with E-state index in [2.05, 4.69) is 31.1 Å². The first-order valence-electron chi connectivity index (χ1n) is 13.3. The summed E-state index contributed by atoms with van der Waals surface area (Å²) < 4.78 is 7.48. The van der Waals surface area contributed by atoms with E-state index in [4.69, 9.17) is 10.5 Å². The van der Waals surface area contributed by atoms with Gasteiger partial charge in [0.1, 0.15) is 11.4 Å². The van der Waals surface area contributed by atoms with Crippen molar-refractivity contribution >= 4 is 17.3 Å². The predicted molar refractivity (Wildman–Crippen MR) is 143 cm³/mol. The van der Waals surface area contributed by atoms with E-state index in [0.717, 1.165) is 87.0 Å². The van der Waals surface area contributed by atoms with Crippen LogP contribution in [-0.4, -0.2) is 83.1 Å². The van der Waals surface area contributed by atoms with Crippen LogP contribution in [0.5, 0.6) is 5.75 Å². The largest absolute Gasteiger partial charge is 0.495 e. The van der Waals surface area contributed by atoms with Gasteiger partial charge in [-0.05, 0) is 49.6 Å². The molecule has 9 heteroatoms. The number of hydrogen-bond acceptors (Lipinski definition) is 7. The Bertz CT molecular complexity index is 1250. The van der Waals surface area contributed by atoms with Gasteiger partial charge in [0.2, 0.25) is 5.91 Å². The zero-order chi connectivity index (χ0) is 25.4. The maximum atomic E-state index is 13.6. The summed E-state index contributed by atoms with van der Waals surface area (Å²) >= 11 is 0. The van der Waals surface area contributed by atoms with Gasteiger partial charge in [-0.15, -0.1) is 5.10 Å². The Labute approximate surface area is 217 Å². The van der Waals surface area contributed by atoms with Crippen LogP contribution >= 0.6 is 0 Å². The molecule has 4 aliphatic rings. The Morgan fingerprint density at radius 1 is 1.08 bits per heavy atom. The molecular formula is C28H35N7O2. The van der Waals surface area contributed by atoms with E-state index in [1.807, 2.05) is 53.3 Å². The number of ether oxygens (including phenoxy) is 1. The number of methoxy groups -OCH3 is 1. The van der Waals surface area contributed by atoms with Gasteiger partial charge in [-0.25, -0.2) is 0 Å². The number of anilines is 2. The predicted octanol–water partition coefficient (Wildman–Crippen LogP) is 2.60. The standard InChI is InChI=1S/C28H35N7O2/c1-37-27-8-3-2-7-26(27)32-11-13-33(14-12-32)28(36)24-18-34-10-9-20(24)16-23(34)17-35-19-25(30-31-35)21-5-4-6-22(29)15-21/h2-8,15,19-20,23-24H,9-14,16-18,29H2,1H3/t20?,23-,24+/m1/s1. The number of carbonyl (C=O) groups excluding carboxylic acids is 1. The van der Waals surface area contributed by atoms with E-state index < -0.39 is 0 Å². The van der Waals surface area contributed by atoms with Crippen LogP contribution in [0.2, 0.25) is 0 Å². The van der Waals surface area contributed by atoms with Crippen LogP contribution in [0.15, 0.2) is 54.7 Å². The van der Waals surface area contributed by atoms with Gasteiger partial charge in [0, 0.05) is 50.0 Å². The number of piperidine rings is 3. The lowest BCUT2D eigenvalue weighted by molar-refractivity contribution is -0.144. The van der Waals surface area contributed by atoms with Gasteiger partial charge in [-0.3, -0.25) is 14.4 Å². The van der Waals surface area contributed by atoms with Crippen molar-refractivity contribution in [3.63, 3.8) is 0 Å². The highest BCUT2D eigenvalue weighted by molar-refractivity contribution is 5.80. The maximum Gasteiger partial charge on any atom is 0.227 e. The van der Waals surface area contributed by atoms with Crippen molar-refractivity contribution in [2.24, 2.45) is 11.8 Å². The summed E-state index contributed by atoms with van der Waals surface area (Å²) in [5.74, 6) is 1.75. The minimum Gasteiger partial charge on any atom is -0.495 e. The zero-order valence-electron chi connectivity index (χ0n) is 21.4. The monoisotopic (exact) mass is 501 g/mol. The molecule has 194 valence electrons. The SMILES string of the molecule is COc1ccccc1N1CCN(C(=O)[C@H]2CN3CCC2C[C@@H]3Cn2cc(-c3cccc(N)c3)nn2)CC1. The van der Waals surface area contributed by atoms with Crippen LogP contribution in [0, 0.1) is 11.8 Å². The van der Waals surface area contributed by atoms with Gasteiger partial charge >= 0.3 is 0 Å². The fraction of sp³-hybridized carbons (Fsp3) is 0.464. The Balaban J connectivity index is 1.05. The highest BCUT2D eigenvalue weighted by atomic mass is 16.5. The van der Waals surface area contributed by atoms with Gasteiger partial charge < -0.3 is 20.3 Å². The molecule has 2 N–H and O–H groups in total. The molecule has 0 aliphatic carbocycles. The van der Waals surface area contributed by atoms with E-state index in [-0.39, 0.29) is 5.92 Å². The maximum absolute atomic E-state index is 13.6. The Kier molecular flexibility index (Phi) is 6.46. The van der Waals surface area contributed by atoms with E-state index in [1.165, 1.54) is 0 Å². The topological polar surface area (TPSA) is 92.8 Å². The van der Waals surface area contributed by atoms with Gasteiger partial charge in [0.05, 0.1) is 31.5 Å². The molecule has 4 aliphatic heterocycles. The summed E-state index contributed by atoms with van der Waals surface area (Å²) in [5.41, 5.74) is 9.57. The number of aromatic nitrogens is 3. The molecule has 5 heterocycles. The van der Waals surface area contributed by atoms with Crippen molar-refractivity contribution in [1.29, 1.82) is 0 Å². The molecule has 7 rings (SSSR count). The molecule has 0 radical (unpaired) electrons. The van der Waals surface area contributed by atoms with Gasteiger partial charge in [0.25, 0.3) is 0 Å². The van der Waals surface area contributed by atoms with Crippen molar-refractivity contribution in [3.05, 3.63) is 54.7 Å². The van der Waals surface area contributed by atoms with Crippen LogP contribution in [0.1, 0.15) is 12.8 Å². The summed E-state index contributed by atoms with van der Waals surface area (Å²) in [6, 6.07) is 16.2. The second-order valence-corrected chi connectivity index (χ2v) is 10.5. The molecule has 4 saturated heterocycles. The van der Waals surface area contributed by atoms with Gasteiger partial charge in [-0.2, -0.15) is 0 Å². The lowest BCUT2D eigenvalue weighted by Crippen LogP contribution is -2.60. The van der Waals surface area contributed by atoms with E-state index in [0.29, 0.717) is 17.9 Å². The Morgan fingerprint density at radius 3 is 2.68 bits per heavy atom. The van der Waals surface area contributed by atoms with Crippen LogP contribution < -0.4 is 15.4 Å². The summed E-state index contributed by atoms with van der Waals surface area (Å²) in [4.78, 5) is 20.5. The lowest BCUT2D eigenvalue weighted by atomic mass is 9.75. The molecule has 1 amide bonds. The average Bonchev–Trinajstić information content (AvgIpc) is 3.41. The van der Waals surface area contributed by atoms with Gasteiger partial charge in [-0.1, -0.05) is 29.5 Å². The summed E-state index contributed by atoms with van der Waals surface area (Å²) in [5, 5.41) is 8.75. The first-order valence-corrected chi connectivity index (χ1v) is 13.3. The number of rotatable bonds is 6. The molecule has 0 spiro atoms. The van der Waals surface area contributed by atoms with E-state index >= 15 is 0 Å². The van der Waals surface area contributed by atoms with Crippen LogP contribution in [-0.2, 0) is 11.3 Å². The fourth-order valence-corrected chi connectivity index (χ4v) is 6.33. The van der Waals surface area contributed by atoms with Crippen molar-refractivity contribution in [2.45, 2.75) is 25.4 Å². The minimum atomic E-state index is 0.0985.